The Morgan fingerprint density at radius 2 is 2.41 bits per heavy atom. The van der Waals surface area contributed by atoms with Gasteiger partial charge >= 0.3 is 5.97 Å². The third-order valence-corrected chi connectivity index (χ3v) is 2.90. The molecule has 4 nitrogen and oxygen atoms in total. The smallest absolute Gasteiger partial charge is 0.340 e. The lowest BCUT2D eigenvalue weighted by atomic mass is 10.1. The fraction of sp³-hybridized carbons (Fsp3) is 0.462. The number of carbonyl (C=O) groups excluding carboxylic acids is 1. The van der Waals surface area contributed by atoms with Crippen LogP contribution in [0.1, 0.15) is 22.3 Å². The second-order valence-corrected chi connectivity index (χ2v) is 4.42. The van der Waals surface area contributed by atoms with Gasteiger partial charge in [-0.05, 0) is 25.5 Å². The number of benzene rings is 1. The van der Waals surface area contributed by atoms with E-state index in [0.29, 0.717) is 30.4 Å². The van der Waals surface area contributed by atoms with Crippen molar-refractivity contribution in [2.75, 3.05) is 25.6 Å². The zero-order valence-corrected chi connectivity index (χ0v) is 9.94. The Morgan fingerprint density at radius 3 is 3.12 bits per heavy atom. The predicted octanol–water partition coefficient (Wildman–Crippen LogP) is 1.77. The molecule has 1 fully saturated rings. The number of esters is 1. The van der Waals surface area contributed by atoms with Crippen LogP contribution in [0.15, 0.2) is 18.2 Å². The molecule has 1 heterocycles. The lowest BCUT2D eigenvalue weighted by Crippen LogP contribution is -2.15. The van der Waals surface area contributed by atoms with E-state index in [2.05, 4.69) is 0 Å². The van der Waals surface area contributed by atoms with Gasteiger partial charge in [0, 0.05) is 18.2 Å². The average molecular weight is 235 g/mol. The first kappa shape index (κ1) is 11.9. The number of hydrogen-bond acceptors (Lipinski definition) is 4. The molecule has 0 radical (unpaired) electrons. The molecule has 1 atom stereocenters. The summed E-state index contributed by atoms with van der Waals surface area (Å²) in [5.74, 6) is -0.0249. The monoisotopic (exact) mass is 235 g/mol. The number of rotatable bonds is 3. The summed E-state index contributed by atoms with van der Waals surface area (Å²) in [6.07, 6.45) is 0.955. The van der Waals surface area contributed by atoms with E-state index in [-0.39, 0.29) is 5.97 Å². The van der Waals surface area contributed by atoms with Crippen LogP contribution in [0.25, 0.3) is 0 Å². The van der Waals surface area contributed by atoms with Gasteiger partial charge < -0.3 is 15.2 Å². The standard InChI is InChI=1S/C13H17NO3/c1-9-2-3-12(14)11(6-9)13(15)17-8-10-4-5-16-7-10/h2-3,6,10H,4-5,7-8,14H2,1H3. The van der Waals surface area contributed by atoms with Crippen molar-refractivity contribution in [2.24, 2.45) is 5.92 Å². The molecule has 2 N–H and O–H groups in total. The molecule has 0 saturated carbocycles. The largest absolute Gasteiger partial charge is 0.462 e. The summed E-state index contributed by atoms with van der Waals surface area (Å²) >= 11 is 0. The summed E-state index contributed by atoms with van der Waals surface area (Å²) in [6.45, 7) is 3.76. The van der Waals surface area contributed by atoms with Crippen molar-refractivity contribution >= 4 is 11.7 Å². The number of nitrogens with two attached hydrogens (primary N) is 1. The average Bonchev–Trinajstić information content (AvgIpc) is 2.82. The van der Waals surface area contributed by atoms with Gasteiger partial charge in [0.05, 0.1) is 18.8 Å². The van der Waals surface area contributed by atoms with Gasteiger partial charge in [0.15, 0.2) is 0 Å². The molecule has 92 valence electrons. The maximum absolute atomic E-state index is 11.8. The van der Waals surface area contributed by atoms with Crippen molar-refractivity contribution in [3.63, 3.8) is 0 Å². The lowest BCUT2D eigenvalue weighted by Gasteiger charge is -2.10. The topological polar surface area (TPSA) is 61.6 Å². The van der Waals surface area contributed by atoms with Crippen LogP contribution in [0.2, 0.25) is 0 Å². The second kappa shape index (κ2) is 5.19. The summed E-state index contributed by atoms with van der Waals surface area (Å²) in [4.78, 5) is 11.8. The van der Waals surface area contributed by atoms with Gasteiger partial charge in [-0.25, -0.2) is 4.79 Å². The zero-order valence-electron chi connectivity index (χ0n) is 9.94. The molecule has 2 rings (SSSR count). The van der Waals surface area contributed by atoms with E-state index in [1.807, 2.05) is 13.0 Å². The molecule has 1 saturated heterocycles. The van der Waals surface area contributed by atoms with Crippen molar-refractivity contribution in [1.82, 2.24) is 0 Å². The van der Waals surface area contributed by atoms with Crippen molar-refractivity contribution in [3.05, 3.63) is 29.3 Å². The maximum atomic E-state index is 11.8. The molecule has 1 unspecified atom stereocenters. The van der Waals surface area contributed by atoms with Gasteiger partial charge in [-0.2, -0.15) is 0 Å². The molecule has 4 heteroatoms. The fourth-order valence-corrected chi connectivity index (χ4v) is 1.83. The van der Waals surface area contributed by atoms with E-state index >= 15 is 0 Å². The number of nitrogen functional groups attached to an aromatic ring is 1. The number of hydrogen-bond donors (Lipinski definition) is 1. The quantitative estimate of drug-likeness (QED) is 0.640. The van der Waals surface area contributed by atoms with E-state index in [9.17, 15) is 4.79 Å². The van der Waals surface area contributed by atoms with Gasteiger partial charge in [-0.15, -0.1) is 0 Å². The summed E-state index contributed by atoms with van der Waals surface area (Å²) < 4.78 is 10.5. The van der Waals surface area contributed by atoms with E-state index < -0.39 is 0 Å². The molecule has 1 aromatic carbocycles. The van der Waals surface area contributed by atoms with E-state index in [1.54, 1.807) is 12.1 Å². The molecule has 0 bridgehead atoms. The summed E-state index contributed by atoms with van der Waals surface area (Å²) in [5, 5.41) is 0. The molecule has 1 aromatic rings. The van der Waals surface area contributed by atoms with Crippen molar-refractivity contribution in [2.45, 2.75) is 13.3 Å². The van der Waals surface area contributed by atoms with Crippen LogP contribution in [0, 0.1) is 12.8 Å². The normalized spacial score (nSPS) is 19.2. The molecule has 17 heavy (non-hydrogen) atoms. The lowest BCUT2D eigenvalue weighted by molar-refractivity contribution is 0.0429. The van der Waals surface area contributed by atoms with Crippen molar-refractivity contribution in [3.8, 4) is 0 Å². The Labute approximate surface area is 101 Å². The molecule has 0 spiro atoms. The van der Waals surface area contributed by atoms with Crippen LogP contribution >= 0.6 is 0 Å². The molecule has 0 aliphatic carbocycles. The van der Waals surface area contributed by atoms with E-state index in [1.165, 1.54) is 0 Å². The summed E-state index contributed by atoms with van der Waals surface area (Å²) in [6, 6.07) is 5.35. The summed E-state index contributed by atoms with van der Waals surface area (Å²) in [5.41, 5.74) is 7.65. The molecule has 0 aromatic heterocycles. The van der Waals surface area contributed by atoms with E-state index in [4.69, 9.17) is 15.2 Å². The van der Waals surface area contributed by atoms with Crippen molar-refractivity contribution < 1.29 is 14.3 Å². The number of anilines is 1. The Kier molecular flexibility index (Phi) is 3.64. The maximum Gasteiger partial charge on any atom is 0.340 e. The van der Waals surface area contributed by atoms with Gasteiger partial charge in [0.25, 0.3) is 0 Å². The first-order chi connectivity index (χ1) is 8.16. The minimum absolute atomic E-state index is 0.324. The fourth-order valence-electron chi connectivity index (χ4n) is 1.83. The number of carbonyl (C=O) groups is 1. The number of ether oxygens (including phenoxy) is 2. The van der Waals surface area contributed by atoms with Gasteiger partial charge in [0.1, 0.15) is 0 Å². The molecular weight excluding hydrogens is 218 g/mol. The highest BCUT2D eigenvalue weighted by Crippen LogP contribution is 2.17. The van der Waals surface area contributed by atoms with Crippen LogP contribution in [-0.2, 0) is 9.47 Å². The number of aryl methyl sites for hydroxylation is 1. The highest BCUT2D eigenvalue weighted by molar-refractivity contribution is 5.95. The van der Waals surface area contributed by atoms with Gasteiger partial charge in [-0.3, -0.25) is 0 Å². The summed E-state index contributed by atoms with van der Waals surface area (Å²) in [7, 11) is 0. The first-order valence-corrected chi connectivity index (χ1v) is 5.78. The van der Waals surface area contributed by atoms with Crippen LogP contribution in [-0.4, -0.2) is 25.8 Å². The van der Waals surface area contributed by atoms with Crippen LogP contribution in [0.4, 0.5) is 5.69 Å². The minimum Gasteiger partial charge on any atom is -0.462 e. The van der Waals surface area contributed by atoms with Gasteiger partial charge in [0.2, 0.25) is 0 Å². The van der Waals surface area contributed by atoms with Crippen LogP contribution in [0.5, 0.6) is 0 Å². The van der Waals surface area contributed by atoms with Gasteiger partial charge in [-0.1, -0.05) is 11.6 Å². The Bertz CT molecular complexity index is 411. The first-order valence-electron chi connectivity index (χ1n) is 5.78. The predicted molar refractivity (Wildman–Crippen MR) is 64.8 cm³/mol. The Hall–Kier alpha value is -1.55. The Morgan fingerprint density at radius 1 is 1.59 bits per heavy atom. The highest BCUT2D eigenvalue weighted by atomic mass is 16.5. The highest BCUT2D eigenvalue weighted by Gasteiger charge is 2.19. The minimum atomic E-state index is -0.349. The van der Waals surface area contributed by atoms with Crippen molar-refractivity contribution in [1.29, 1.82) is 0 Å². The van der Waals surface area contributed by atoms with Crippen LogP contribution in [0.3, 0.4) is 0 Å². The van der Waals surface area contributed by atoms with Crippen LogP contribution < -0.4 is 5.73 Å². The zero-order chi connectivity index (χ0) is 12.3. The second-order valence-electron chi connectivity index (χ2n) is 4.42. The Balaban J connectivity index is 1.96. The molecule has 1 aliphatic rings. The van der Waals surface area contributed by atoms with E-state index in [0.717, 1.165) is 18.6 Å². The molecule has 0 amide bonds. The SMILES string of the molecule is Cc1ccc(N)c(C(=O)OCC2CCOC2)c1. The third kappa shape index (κ3) is 2.97. The third-order valence-electron chi connectivity index (χ3n) is 2.90. The molecule has 1 aliphatic heterocycles. The molecular formula is C13H17NO3.